The number of hydrogen-bond acceptors (Lipinski definition) is 2. The Kier molecular flexibility index (Phi) is 6.94. The van der Waals surface area contributed by atoms with E-state index in [0.717, 1.165) is 19.5 Å². The van der Waals surface area contributed by atoms with Crippen molar-refractivity contribution in [3.63, 3.8) is 0 Å². The number of carbonyl (C=O) groups is 1. The fraction of sp³-hybridized carbons (Fsp3) is 0.786. The van der Waals surface area contributed by atoms with E-state index < -0.39 is 0 Å². The van der Waals surface area contributed by atoms with Crippen molar-refractivity contribution in [3.8, 4) is 0 Å². The summed E-state index contributed by atoms with van der Waals surface area (Å²) < 4.78 is 0. The number of carbonyl (C=O) groups excluding carboxylic acids is 1. The van der Waals surface area contributed by atoms with Crippen molar-refractivity contribution in [2.24, 2.45) is 0 Å². The van der Waals surface area contributed by atoms with Crippen LogP contribution in [-0.4, -0.2) is 25.0 Å². The third-order valence-corrected chi connectivity index (χ3v) is 3.18. The van der Waals surface area contributed by atoms with Gasteiger partial charge in [0.1, 0.15) is 0 Å². The summed E-state index contributed by atoms with van der Waals surface area (Å²) in [6.45, 7) is 5.50. The maximum Gasteiger partial charge on any atom is 0.216 e. The summed E-state index contributed by atoms with van der Waals surface area (Å²) in [5.74, 6) is 0.0578. The smallest absolute Gasteiger partial charge is 0.216 e. The third-order valence-electron chi connectivity index (χ3n) is 3.18. The van der Waals surface area contributed by atoms with Crippen LogP contribution in [0.1, 0.15) is 52.4 Å². The number of rotatable bonds is 6. The first-order chi connectivity index (χ1) is 8.18. The maximum absolute atomic E-state index is 10.7. The standard InChI is InChI=1S/C14H26N2O/c1-12(11-14-7-4-3-5-8-14)15-9-6-10-16-13(2)17/h11-12,15H,3-10H2,1-2H3,(H,16,17). The molecule has 1 unspecified atom stereocenters. The van der Waals surface area contributed by atoms with Gasteiger partial charge in [-0.05, 0) is 45.6 Å². The molecule has 0 aromatic heterocycles. The summed E-state index contributed by atoms with van der Waals surface area (Å²) in [7, 11) is 0. The third kappa shape index (κ3) is 7.16. The van der Waals surface area contributed by atoms with Crippen LogP contribution < -0.4 is 10.6 Å². The summed E-state index contributed by atoms with van der Waals surface area (Å²) in [5.41, 5.74) is 1.62. The molecule has 0 aliphatic heterocycles. The van der Waals surface area contributed by atoms with Crippen LogP contribution in [0, 0.1) is 0 Å². The molecule has 98 valence electrons. The summed E-state index contributed by atoms with van der Waals surface area (Å²) in [4.78, 5) is 10.7. The fourth-order valence-electron chi connectivity index (χ4n) is 2.27. The summed E-state index contributed by atoms with van der Waals surface area (Å²) in [6.07, 6.45) is 10.1. The van der Waals surface area contributed by atoms with Crippen molar-refractivity contribution in [2.75, 3.05) is 13.1 Å². The molecule has 0 saturated heterocycles. The minimum absolute atomic E-state index is 0.0578. The molecule has 1 saturated carbocycles. The Morgan fingerprint density at radius 3 is 2.65 bits per heavy atom. The van der Waals surface area contributed by atoms with Crippen LogP contribution in [0.3, 0.4) is 0 Å². The lowest BCUT2D eigenvalue weighted by Crippen LogP contribution is -2.29. The second-order valence-corrected chi connectivity index (χ2v) is 4.96. The molecule has 0 spiro atoms. The molecule has 0 radical (unpaired) electrons. The summed E-state index contributed by atoms with van der Waals surface area (Å²) in [6, 6.07) is 0.459. The number of allylic oxidation sites excluding steroid dienone is 1. The lowest BCUT2D eigenvalue weighted by Gasteiger charge is -2.17. The number of hydrogen-bond donors (Lipinski definition) is 2. The van der Waals surface area contributed by atoms with Gasteiger partial charge >= 0.3 is 0 Å². The van der Waals surface area contributed by atoms with E-state index in [1.165, 1.54) is 32.1 Å². The molecule has 0 aromatic carbocycles. The van der Waals surface area contributed by atoms with Crippen LogP contribution in [0.15, 0.2) is 11.6 Å². The van der Waals surface area contributed by atoms with E-state index in [2.05, 4.69) is 23.6 Å². The molecule has 1 rings (SSSR count). The van der Waals surface area contributed by atoms with Crippen LogP contribution in [0.25, 0.3) is 0 Å². The zero-order valence-corrected chi connectivity index (χ0v) is 11.2. The maximum atomic E-state index is 10.7. The fourth-order valence-corrected chi connectivity index (χ4v) is 2.27. The largest absolute Gasteiger partial charge is 0.356 e. The zero-order chi connectivity index (χ0) is 12.5. The molecule has 3 nitrogen and oxygen atoms in total. The highest BCUT2D eigenvalue weighted by molar-refractivity contribution is 5.72. The van der Waals surface area contributed by atoms with E-state index in [9.17, 15) is 4.79 Å². The molecule has 1 aliphatic rings. The summed E-state index contributed by atoms with van der Waals surface area (Å²) in [5, 5.41) is 6.28. The van der Waals surface area contributed by atoms with Crippen molar-refractivity contribution < 1.29 is 4.79 Å². The van der Waals surface area contributed by atoms with Gasteiger partial charge in [0.25, 0.3) is 0 Å². The lowest BCUT2D eigenvalue weighted by atomic mass is 9.93. The van der Waals surface area contributed by atoms with Crippen LogP contribution in [0.2, 0.25) is 0 Å². The second kappa shape index (κ2) is 8.29. The van der Waals surface area contributed by atoms with E-state index in [0.29, 0.717) is 6.04 Å². The molecule has 17 heavy (non-hydrogen) atoms. The van der Waals surface area contributed by atoms with Gasteiger partial charge in [0.2, 0.25) is 5.91 Å². The Balaban J connectivity index is 2.07. The molecule has 0 heterocycles. The van der Waals surface area contributed by atoms with Crippen molar-refractivity contribution in [1.82, 2.24) is 10.6 Å². The molecule has 0 aromatic rings. The Bertz CT molecular complexity index is 253. The monoisotopic (exact) mass is 238 g/mol. The normalized spacial score (nSPS) is 17.6. The Morgan fingerprint density at radius 2 is 2.00 bits per heavy atom. The average molecular weight is 238 g/mol. The Morgan fingerprint density at radius 1 is 1.29 bits per heavy atom. The predicted molar refractivity (Wildman–Crippen MR) is 71.9 cm³/mol. The average Bonchev–Trinajstić information content (AvgIpc) is 2.29. The molecule has 1 aliphatic carbocycles. The van der Waals surface area contributed by atoms with E-state index in [1.54, 1.807) is 12.5 Å². The van der Waals surface area contributed by atoms with Gasteiger partial charge in [0, 0.05) is 19.5 Å². The predicted octanol–water partition coefficient (Wildman–Crippen LogP) is 2.38. The van der Waals surface area contributed by atoms with E-state index in [-0.39, 0.29) is 5.91 Å². The Hall–Kier alpha value is -0.830. The minimum atomic E-state index is 0.0578. The van der Waals surface area contributed by atoms with Gasteiger partial charge in [-0.1, -0.05) is 18.1 Å². The first-order valence-electron chi connectivity index (χ1n) is 6.86. The molecule has 1 amide bonds. The molecular formula is C14H26N2O. The minimum Gasteiger partial charge on any atom is -0.356 e. The van der Waals surface area contributed by atoms with Gasteiger partial charge < -0.3 is 10.6 Å². The Labute approximate surface area is 105 Å². The van der Waals surface area contributed by atoms with Gasteiger partial charge in [0.05, 0.1) is 0 Å². The van der Waals surface area contributed by atoms with Crippen molar-refractivity contribution >= 4 is 5.91 Å². The van der Waals surface area contributed by atoms with E-state index in [4.69, 9.17) is 0 Å². The highest BCUT2D eigenvalue weighted by Crippen LogP contribution is 2.22. The van der Waals surface area contributed by atoms with Crippen molar-refractivity contribution in [3.05, 3.63) is 11.6 Å². The zero-order valence-electron chi connectivity index (χ0n) is 11.2. The van der Waals surface area contributed by atoms with E-state index >= 15 is 0 Å². The first kappa shape index (κ1) is 14.2. The van der Waals surface area contributed by atoms with Crippen LogP contribution in [0.5, 0.6) is 0 Å². The molecular weight excluding hydrogens is 212 g/mol. The first-order valence-corrected chi connectivity index (χ1v) is 6.86. The van der Waals surface area contributed by atoms with Gasteiger partial charge in [0.15, 0.2) is 0 Å². The number of nitrogens with one attached hydrogen (secondary N) is 2. The summed E-state index contributed by atoms with van der Waals surface area (Å²) >= 11 is 0. The lowest BCUT2D eigenvalue weighted by molar-refractivity contribution is -0.118. The van der Waals surface area contributed by atoms with Gasteiger partial charge in [-0.25, -0.2) is 0 Å². The van der Waals surface area contributed by atoms with Gasteiger partial charge in [-0.2, -0.15) is 0 Å². The van der Waals surface area contributed by atoms with Gasteiger partial charge in [-0.3, -0.25) is 4.79 Å². The van der Waals surface area contributed by atoms with Crippen LogP contribution in [-0.2, 0) is 4.79 Å². The SMILES string of the molecule is CC(=O)NCCCNC(C)C=C1CCCCC1. The van der Waals surface area contributed by atoms with Gasteiger partial charge in [-0.15, -0.1) is 0 Å². The second-order valence-electron chi connectivity index (χ2n) is 4.96. The van der Waals surface area contributed by atoms with Crippen LogP contribution >= 0.6 is 0 Å². The van der Waals surface area contributed by atoms with E-state index in [1.807, 2.05) is 0 Å². The molecule has 1 fully saturated rings. The molecule has 1 atom stereocenters. The van der Waals surface area contributed by atoms with Crippen molar-refractivity contribution in [2.45, 2.75) is 58.4 Å². The highest BCUT2D eigenvalue weighted by Gasteiger charge is 2.06. The van der Waals surface area contributed by atoms with Crippen LogP contribution in [0.4, 0.5) is 0 Å². The highest BCUT2D eigenvalue weighted by atomic mass is 16.1. The number of amides is 1. The molecule has 0 bridgehead atoms. The van der Waals surface area contributed by atoms with Crippen molar-refractivity contribution in [1.29, 1.82) is 0 Å². The molecule has 3 heteroatoms. The topological polar surface area (TPSA) is 41.1 Å². The molecule has 2 N–H and O–H groups in total. The quantitative estimate of drug-likeness (QED) is 0.551.